The molecule has 0 radical (unpaired) electrons. The fraction of sp³-hybridized carbons (Fsp3) is 0.211. The quantitative estimate of drug-likeness (QED) is 0.550. The zero-order chi connectivity index (χ0) is 20.5. The molecule has 9 heteroatoms. The number of benzene rings is 2. The summed E-state index contributed by atoms with van der Waals surface area (Å²) >= 11 is 0. The van der Waals surface area contributed by atoms with Crippen molar-refractivity contribution in [2.24, 2.45) is 0 Å². The molecule has 0 N–H and O–H groups in total. The van der Waals surface area contributed by atoms with Crippen molar-refractivity contribution in [3.8, 4) is 5.75 Å². The van der Waals surface area contributed by atoms with Gasteiger partial charge in [-0.1, -0.05) is 24.3 Å². The Morgan fingerprint density at radius 1 is 1.11 bits per heavy atom. The average Bonchev–Trinajstić information content (AvgIpc) is 2.80. The molecular formula is C19H18N2O6S. The van der Waals surface area contributed by atoms with Crippen molar-refractivity contribution in [3.63, 3.8) is 0 Å². The smallest absolute Gasteiger partial charge is 0.267 e. The molecule has 1 heterocycles. The highest BCUT2D eigenvalue weighted by Crippen LogP contribution is 2.23. The Bertz CT molecular complexity index is 1060. The van der Waals surface area contributed by atoms with E-state index in [1.807, 2.05) is 0 Å². The van der Waals surface area contributed by atoms with Crippen LogP contribution in [0.15, 0.2) is 53.4 Å². The van der Waals surface area contributed by atoms with Crippen LogP contribution >= 0.6 is 0 Å². The number of ether oxygens (including phenoxy) is 1. The molecule has 1 aliphatic rings. The summed E-state index contributed by atoms with van der Waals surface area (Å²) in [6, 6.07) is 11.9. The molecule has 0 atom stereocenters. The van der Waals surface area contributed by atoms with Gasteiger partial charge in [0.25, 0.3) is 11.8 Å². The van der Waals surface area contributed by atoms with E-state index in [1.54, 1.807) is 18.2 Å². The summed E-state index contributed by atoms with van der Waals surface area (Å²) in [5.74, 6) is -1.57. The fourth-order valence-electron chi connectivity index (χ4n) is 2.68. The predicted octanol–water partition coefficient (Wildman–Crippen LogP) is 1.18. The Morgan fingerprint density at radius 2 is 1.82 bits per heavy atom. The normalized spacial score (nSPS) is 14.5. The number of imide groups is 1. The molecule has 2 aromatic carbocycles. The first kappa shape index (κ1) is 19.7. The van der Waals surface area contributed by atoms with Crippen LogP contribution < -0.4 is 4.74 Å². The third kappa shape index (κ3) is 3.67. The number of fused-ring (bicyclic) bond motifs is 1. The number of para-hydroxylation sites is 1. The SMILES string of the molecule is CN(C)S(=O)(=O)c1cccc(C(=O)CN2C(=O)COc3ccccc3C2=O)c1. The highest BCUT2D eigenvalue weighted by Gasteiger charge is 2.31. The van der Waals surface area contributed by atoms with Crippen molar-refractivity contribution < 1.29 is 27.5 Å². The van der Waals surface area contributed by atoms with E-state index in [-0.39, 0.29) is 28.4 Å². The topological polar surface area (TPSA) is 101 Å². The van der Waals surface area contributed by atoms with Crippen molar-refractivity contribution in [2.75, 3.05) is 27.2 Å². The number of hydrogen-bond acceptors (Lipinski definition) is 6. The Labute approximate surface area is 162 Å². The van der Waals surface area contributed by atoms with Crippen LogP contribution in [0.2, 0.25) is 0 Å². The summed E-state index contributed by atoms with van der Waals surface area (Å²) in [6.45, 7) is -0.883. The molecule has 1 aliphatic heterocycles. The van der Waals surface area contributed by atoms with Gasteiger partial charge >= 0.3 is 0 Å². The lowest BCUT2D eigenvalue weighted by atomic mass is 10.1. The maximum atomic E-state index is 12.7. The van der Waals surface area contributed by atoms with Gasteiger partial charge in [-0.15, -0.1) is 0 Å². The third-order valence-corrected chi connectivity index (χ3v) is 6.06. The zero-order valence-corrected chi connectivity index (χ0v) is 16.1. The number of amides is 2. The lowest BCUT2D eigenvalue weighted by Crippen LogP contribution is -2.41. The number of Topliss-reactive ketones (excluding diaryl/α,β-unsaturated/α-hetero) is 1. The van der Waals surface area contributed by atoms with Crippen molar-refractivity contribution in [1.29, 1.82) is 0 Å². The van der Waals surface area contributed by atoms with E-state index in [2.05, 4.69) is 0 Å². The molecule has 0 aliphatic carbocycles. The van der Waals surface area contributed by atoms with Gasteiger partial charge in [-0.25, -0.2) is 12.7 Å². The number of nitrogens with zero attached hydrogens (tertiary/aromatic N) is 2. The van der Waals surface area contributed by atoms with Crippen LogP contribution in [0.4, 0.5) is 0 Å². The van der Waals surface area contributed by atoms with Gasteiger partial charge in [-0.05, 0) is 24.3 Å². The number of carbonyl (C=O) groups is 3. The van der Waals surface area contributed by atoms with E-state index >= 15 is 0 Å². The largest absolute Gasteiger partial charge is 0.483 e. The van der Waals surface area contributed by atoms with Gasteiger partial charge in [0.1, 0.15) is 5.75 Å². The first-order chi connectivity index (χ1) is 13.2. The zero-order valence-electron chi connectivity index (χ0n) is 15.3. The predicted molar refractivity (Wildman–Crippen MR) is 99.6 cm³/mol. The van der Waals surface area contributed by atoms with Crippen molar-refractivity contribution >= 4 is 27.6 Å². The van der Waals surface area contributed by atoms with Gasteiger partial charge < -0.3 is 4.74 Å². The molecular weight excluding hydrogens is 384 g/mol. The van der Waals surface area contributed by atoms with Gasteiger partial charge in [-0.3, -0.25) is 19.3 Å². The lowest BCUT2D eigenvalue weighted by Gasteiger charge is -2.17. The van der Waals surface area contributed by atoms with Crippen LogP contribution in [0.5, 0.6) is 5.75 Å². The van der Waals surface area contributed by atoms with Crippen LogP contribution in [0.3, 0.4) is 0 Å². The summed E-state index contributed by atoms with van der Waals surface area (Å²) in [4.78, 5) is 38.5. The average molecular weight is 402 g/mol. The molecule has 2 aromatic rings. The summed E-state index contributed by atoms with van der Waals surface area (Å²) in [7, 11) is -0.950. The highest BCUT2D eigenvalue weighted by molar-refractivity contribution is 7.89. The number of hydrogen-bond donors (Lipinski definition) is 0. The van der Waals surface area contributed by atoms with Crippen molar-refractivity contribution in [3.05, 3.63) is 59.7 Å². The summed E-state index contributed by atoms with van der Waals surface area (Å²) in [5, 5.41) is 0. The molecule has 0 saturated heterocycles. The molecule has 0 unspecified atom stereocenters. The van der Waals surface area contributed by atoms with Crippen LogP contribution in [-0.2, 0) is 14.8 Å². The molecule has 0 saturated carbocycles. The van der Waals surface area contributed by atoms with Gasteiger partial charge in [-0.2, -0.15) is 0 Å². The molecule has 0 fully saturated rings. The first-order valence-corrected chi connectivity index (χ1v) is 9.78. The summed E-state index contributed by atoms with van der Waals surface area (Å²) in [6.07, 6.45) is 0. The number of ketones is 1. The van der Waals surface area contributed by atoms with Crippen LogP contribution in [0.25, 0.3) is 0 Å². The second kappa shape index (κ2) is 7.53. The molecule has 2 amide bonds. The lowest BCUT2D eigenvalue weighted by molar-refractivity contribution is -0.129. The summed E-state index contributed by atoms with van der Waals surface area (Å²) < 4.78 is 30.9. The van der Waals surface area contributed by atoms with E-state index in [1.165, 1.54) is 44.4 Å². The monoisotopic (exact) mass is 402 g/mol. The maximum Gasteiger partial charge on any atom is 0.267 e. The minimum Gasteiger partial charge on any atom is -0.483 e. The molecule has 28 heavy (non-hydrogen) atoms. The van der Waals surface area contributed by atoms with E-state index < -0.39 is 34.2 Å². The Morgan fingerprint density at radius 3 is 2.54 bits per heavy atom. The summed E-state index contributed by atoms with van der Waals surface area (Å²) in [5.41, 5.74) is 0.270. The van der Waals surface area contributed by atoms with E-state index in [4.69, 9.17) is 4.74 Å². The first-order valence-electron chi connectivity index (χ1n) is 8.34. The van der Waals surface area contributed by atoms with Gasteiger partial charge in [0.15, 0.2) is 12.4 Å². The van der Waals surface area contributed by atoms with E-state index in [0.717, 1.165) is 9.21 Å². The molecule has 0 spiro atoms. The maximum absolute atomic E-state index is 12.7. The standard InChI is InChI=1S/C19H18N2O6S/c1-20(2)28(25,26)14-7-5-6-13(10-14)16(22)11-21-18(23)12-27-17-9-4-3-8-15(17)19(21)24/h3-10H,11-12H2,1-2H3. The van der Waals surface area contributed by atoms with Gasteiger partial charge in [0, 0.05) is 19.7 Å². The van der Waals surface area contributed by atoms with Crippen molar-refractivity contribution in [2.45, 2.75) is 4.90 Å². The second-order valence-corrected chi connectivity index (χ2v) is 8.46. The van der Waals surface area contributed by atoms with Crippen LogP contribution in [-0.4, -0.2) is 62.5 Å². The third-order valence-electron chi connectivity index (χ3n) is 4.25. The van der Waals surface area contributed by atoms with Crippen LogP contribution in [0.1, 0.15) is 20.7 Å². The van der Waals surface area contributed by atoms with Gasteiger partial charge in [0.2, 0.25) is 10.0 Å². The van der Waals surface area contributed by atoms with E-state index in [9.17, 15) is 22.8 Å². The molecule has 3 rings (SSSR count). The fourth-order valence-corrected chi connectivity index (χ4v) is 3.63. The second-order valence-electron chi connectivity index (χ2n) is 6.31. The minimum atomic E-state index is -3.72. The minimum absolute atomic E-state index is 0.0504. The number of carbonyl (C=O) groups excluding carboxylic acids is 3. The van der Waals surface area contributed by atoms with Crippen molar-refractivity contribution in [1.82, 2.24) is 9.21 Å². The molecule has 146 valence electrons. The van der Waals surface area contributed by atoms with Gasteiger partial charge in [0.05, 0.1) is 17.0 Å². The molecule has 0 bridgehead atoms. The number of sulfonamides is 1. The van der Waals surface area contributed by atoms with E-state index in [0.29, 0.717) is 0 Å². The molecule has 0 aromatic heterocycles. The molecule has 8 nitrogen and oxygen atoms in total. The van der Waals surface area contributed by atoms with Crippen LogP contribution in [0, 0.1) is 0 Å². The Kier molecular flexibility index (Phi) is 5.30. The number of rotatable bonds is 5. The highest BCUT2D eigenvalue weighted by atomic mass is 32.2. The Balaban J connectivity index is 1.89. The Hall–Kier alpha value is -3.04.